The Bertz CT molecular complexity index is 771. The summed E-state index contributed by atoms with van der Waals surface area (Å²) < 4.78 is 51.2. The van der Waals surface area contributed by atoms with Gasteiger partial charge in [-0.3, -0.25) is 4.79 Å². The molecule has 2 aromatic rings. The Morgan fingerprint density at radius 3 is 2.31 bits per heavy atom. The summed E-state index contributed by atoms with van der Waals surface area (Å²) in [6, 6.07) is 6.53. The van der Waals surface area contributed by atoms with Crippen LogP contribution in [0.2, 0.25) is 0 Å². The number of benzene rings is 1. The molecular weight excluding hydrogens is 352 g/mol. The maximum atomic E-state index is 12.9. The average Bonchev–Trinajstić information content (AvgIpc) is 2.63. The average molecular weight is 368 g/mol. The van der Waals surface area contributed by atoms with Crippen LogP contribution >= 0.6 is 0 Å². The number of anilines is 1. The lowest BCUT2D eigenvalue weighted by Gasteiger charge is -2.35. The first-order valence-corrected chi connectivity index (χ1v) is 8.00. The number of rotatable bonds is 3. The standard InChI is InChI=1S/C17H16F4N4O/c18-13-3-1-12(2-4-13)11-15(26)24-7-9-25(10-8-24)16-22-6-5-14(23-16)17(19,20)21/h1-6H,7-11H2. The monoisotopic (exact) mass is 368 g/mol. The van der Waals surface area contributed by atoms with Crippen molar-refractivity contribution in [1.29, 1.82) is 0 Å². The van der Waals surface area contributed by atoms with Crippen LogP contribution in [0, 0.1) is 5.82 Å². The van der Waals surface area contributed by atoms with E-state index < -0.39 is 11.9 Å². The predicted molar refractivity (Wildman–Crippen MR) is 85.9 cm³/mol. The van der Waals surface area contributed by atoms with Crippen LogP contribution in [0.5, 0.6) is 0 Å². The minimum atomic E-state index is -4.52. The van der Waals surface area contributed by atoms with Gasteiger partial charge < -0.3 is 9.80 Å². The summed E-state index contributed by atoms with van der Waals surface area (Å²) in [5, 5.41) is 0. The van der Waals surface area contributed by atoms with Gasteiger partial charge >= 0.3 is 6.18 Å². The van der Waals surface area contributed by atoms with Crippen molar-refractivity contribution in [2.75, 3.05) is 31.1 Å². The highest BCUT2D eigenvalue weighted by Gasteiger charge is 2.33. The smallest absolute Gasteiger partial charge is 0.339 e. The molecule has 0 atom stereocenters. The molecule has 1 aromatic heterocycles. The van der Waals surface area contributed by atoms with Gasteiger partial charge in [-0.25, -0.2) is 14.4 Å². The number of aromatic nitrogens is 2. The zero-order valence-corrected chi connectivity index (χ0v) is 13.7. The summed E-state index contributed by atoms with van der Waals surface area (Å²) in [7, 11) is 0. The van der Waals surface area contributed by atoms with Crippen molar-refractivity contribution in [2.24, 2.45) is 0 Å². The number of amides is 1. The van der Waals surface area contributed by atoms with Crippen LogP contribution in [-0.2, 0) is 17.4 Å². The lowest BCUT2D eigenvalue weighted by Crippen LogP contribution is -2.49. The Morgan fingerprint density at radius 2 is 1.69 bits per heavy atom. The number of nitrogens with zero attached hydrogens (tertiary/aromatic N) is 4. The minimum Gasteiger partial charge on any atom is -0.339 e. The molecule has 26 heavy (non-hydrogen) atoms. The van der Waals surface area contributed by atoms with E-state index in [0.29, 0.717) is 31.7 Å². The zero-order chi connectivity index (χ0) is 18.7. The number of hydrogen-bond donors (Lipinski definition) is 0. The summed E-state index contributed by atoms with van der Waals surface area (Å²) in [6.45, 7) is 1.41. The molecule has 3 rings (SSSR count). The molecule has 138 valence electrons. The molecule has 0 bridgehead atoms. The van der Waals surface area contributed by atoms with Gasteiger partial charge in [0.15, 0.2) is 0 Å². The van der Waals surface area contributed by atoms with Crippen LogP contribution in [0.15, 0.2) is 36.5 Å². The van der Waals surface area contributed by atoms with Crippen molar-refractivity contribution in [3.8, 4) is 0 Å². The van der Waals surface area contributed by atoms with Gasteiger partial charge in [-0.2, -0.15) is 13.2 Å². The second-order valence-corrected chi connectivity index (χ2v) is 5.91. The number of alkyl halides is 3. The Morgan fingerprint density at radius 1 is 1.04 bits per heavy atom. The number of carbonyl (C=O) groups excluding carboxylic acids is 1. The third-order valence-electron chi connectivity index (χ3n) is 4.12. The van der Waals surface area contributed by atoms with Crippen molar-refractivity contribution < 1.29 is 22.4 Å². The lowest BCUT2D eigenvalue weighted by molar-refractivity contribution is -0.141. The fourth-order valence-electron chi connectivity index (χ4n) is 2.70. The zero-order valence-electron chi connectivity index (χ0n) is 13.7. The van der Waals surface area contributed by atoms with Gasteiger partial charge in [-0.1, -0.05) is 12.1 Å². The van der Waals surface area contributed by atoms with E-state index in [0.717, 1.165) is 12.3 Å². The number of halogens is 4. The molecule has 1 fully saturated rings. The van der Waals surface area contributed by atoms with E-state index in [1.165, 1.54) is 12.1 Å². The molecule has 0 radical (unpaired) electrons. The van der Waals surface area contributed by atoms with E-state index in [-0.39, 0.29) is 24.1 Å². The van der Waals surface area contributed by atoms with Crippen molar-refractivity contribution in [1.82, 2.24) is 14.9 Å². The second-order valence-electron chi connectivity index (χ2n) is 5.91. The maximum absolute atomic E-state index is 12.9. The fraction of sp³-hybridized carbons (Fsp3) is 0.353. The van der Waals surface area contributed by atoms with E-state index >= 15 is 0 Å². The predicted octanol–water partition coefficient (Wildman–Crippen LogP) is 2.53. The highest BCUT2D eigenvalue weighted by atomic mass is 19.4. The third kappa shape index (κ3) is 4.27. The molecule has 0 N–H and O–H groups in total. The van der Waals surface area contributed by atoms with Gasteiger partial charge in [0.25, 0.3) is 0 Å². The Labute approximate surface area is 147 Å². The molecule has 0 saturated carbocycles. The highest BCUT2D eigenvalue weighted by Crippen LogP contribution is 2.28. The number of piperazine rings is 1. The lowest BCUT2D eigenvalue weighted by atomic mass is 10.1. The first-order chi connectivity index (χ1) is 12.3. The van der Waals surface area contributed by atoms with Crippen molar-refractivity contribution in [3.63, 3.8) is 0 Å². The van der Waals surface area contributed by atoms with Gasteiger partial charge in [-0.05, 0) is 23.8 Å². The van der Waals surface area contributed by atoms with Gasteiger partial charge in [0, 0.05) is 32.4 Å². The van der Waals surface area contributed by atoms with Crippen LogP contribution in [-0.4, -0.2) is 47.0 Å². The molecule has 0 aliphatic carbocycles. The Kier molecular flexibility index (Phi) is 5.06. The molecule has 0 unspecified atom stereocenters. The van der Waals surface area contributed by atoms with Gasteiger partial charge in [0.2, 0.25) is 11.9 Å². The van der Waals surface area contributed by atoms with Crippen LogP contribution in [0.1, 0.15) is 11.3 Å². The Balaban J connectivity index is 1.59. The van der Waals surface area contributed by atoms with E-state index in [1.807, 2.05) is 0 Å². The number of carbonyl (C=O) groups is 1. The topological polar surface area (TPSA) is 49.3 Å². The first-order valence-electron chi connectivity index (χ1n) is 8.00. The second kappa shape index (κ2) is 7.27. The summed E-state index contributed by atoms with van der Waals surface area (Å²) in [4.78, 5) is 23.0. The van der Waals surface area contributed by atoms with Crippen molar-refractivity contribution in [3.05, 3.63) is 53.6 Å². The minimum absolute atomic E-state index is 0.00505. The number of hydrogen-bond acceptors (Lipinski definition) is 4. The summed E-state index contributed by atoms with van der Waals surface area (Å²) in [5.41, 5.74) is -0.280. The largest absolute Gasteiger partial charge is 0.433 e. The van der Waals surface area contributed by atoms with E-state index in [4.69, 9.17) is 0 Å². The highest BCUT2D eigenvalue weighted by molar-refractivity contribution is 5.79. The summed E-state index contributed by atoms with van der Waals surface area (Å²) in [6.07, 6.45) is -3.29. The van der Waals surface area contributed by atoms with E-state index in [2.05, 4.69) is 9.97 Å². The van der Waals surface area contributed by atoms with Gasteiger partial charge in [0.05, 0.1) is 6.42 Å². The molecular formula is C17H16F4N4O. The van der Waals surface area contributed by atoms with Gasteiger partial charge in [-0.15, -0.1) is 0 Å². The van der Waals surface area contributed by atoms with Crippen LogP contribution in [0.25, 0.3) is 0 Å². The molecule has 2 heterocycles. The van der Waals surface area contributed by atoms with Crippen molar-refractivity contribution in [2.45, 2.75) is 12.6 Å². The quantitative estimate of drug-likeness (QED) is 0.782. The van der Waals surface area contributed by atoms with Crippen molar-refractivity contribution >= 4 is 11.9 Å². The van der Waals surface area contributed by atoms with Gasteiger partial charge in [0.1, 0.15) is 11.5 Å². The summed E-state index contributed by atoms with van der Waals surface area (Å²) in [5.74, 6) is -0.470. The molecule has 1 aliphatic heterocycles. The van der Waals surface area contributed by atoms with Crippen LogP contribution < -0.4 is 4.90 Å². The fourth-order valence-corrected chi connectivity index (χ4v) is 2.70. The SMILES string of the molecule is O=C(Cc1ccc(F)cc1)N1CCN(c2nccc(C(F)(F)F)n2)CC1. The van der Waals surface area contributed by atoms with Crippen LogP contribution in [0.4, 0.5) is 23.5 Å². The summed E-state index contributed by atoms with van der Waals surface area (Å²) >= 11 is 0. The molecule has 1 aliphatic rings. The Hall–Kier alpha value is -2.71. The van der Waals surface area contributed by atoms with E-state index in [1.54, 1.807) is 21.9 Å². The normalized spacial score (nSPS) is 15.2. The molecule has 5 nitrogen and oxygen atoms in total. The molecule has 9 heteroatoms. The third-order valence-corrected chi connectivity index (χ3v) is 4.12. The molecule has 1 aromatic carbocycles. The van der Waals surface area contributed by atoms with E-state index in [9.17, 15) is 22.4 Å². The van der Waals surface area contributed by atoms with Crippen LogP contribution in [0.3, 0.4) is 0 Å². The molecule has 1 saturated heterocycles. The first kappa shape index (κ1) is 18.1. The molecule has 0 spiro atoms. The molecule has 1 amide bonds. The maximum Gasteiger partial charge on any atom is 0.433 e.